The third-order valence-electron chi connectivity index (χ3n) is 6.62. The van der Waals surface area contributed by atoms with Crippen LogP contribution in [0.2, 0.25) is 5.02 Å². The number of hydrogen-bond donors (Lipinski definition) is 0. The Morgan fingerprint density at radius 1 is 0.972 bits per heavy atom. The molecule has 0 spiro atoms. The molecule has 2 amide bonds. The first kappa shape index (κ1) is 25.7. The summed E-state index contributed by atoms with van der Waals surface area (Å²) in [5.41, 5.74) is 4.18. The molecule has 1 atom stereocenters. The first-order valence-corrected chi connectivity index (χ1v) is 12.7. The van der Waals surface area contributed by atoms with Gasteiger partial charge in [-0.2, -0.15) is 0 Å². The van der Waals surface area contributed by atoms with Gasteiger partial charge in [0, 0.05) is 42.3 Å². The average Bonchev–Trinajstić information content (AvgIpc) is 3.06. The molecule has 1 aliphatic heterocycles. The standard InChI is InChI=1S/C29H33ClN4O2/c1-5-33(24-10-7-6-8-11-24)34(21(2)35)25-16-13-22(14-17-25)29(36)32-19-9-12-27(31(3)4)26-20-23(30)15-18-28(26)32/h6-8,10-11,13-18,20,27H,5,9,12,19H2,1-4H3. The van der Waals surface area contributed by atoms with Crippen LogP contribution in [0.5, 0.6) is 0 Å². The van der Waals surface area contributed by atoms with Crippen molar-refractivity contribution in [1.29, 1.82) is 0 Å². The van der Waals surface area contributed by atoms with Gasteiger partial charge in [-0.15, -0.1) is 0 Å². The predicted octanol–water partition coefficient (Wildman–Crippen LogP) is 6.18. The zero-order valence-electron chi connectivity index (χ0n) is 21.3. The second kappa shape index (κ2) is 11.1. The minimum absolute atomic E-state index is 0.0608. The molecule has 0 saturated heterocycles. The van der Waals surface area contributed by atoms with Crippen LogP contribution >= 0.6 is 11.6 Å². The van der Waals surface area contributed by atoms with Crippen molar-refractivity contribution in [1.82, 2.24) is 4.90 Å². The SMILES string of the molecule is CCN(c1ccccc1)N(C(C)=O)c1ccc(C(=O)N2CCCC(N(C)C)c3cc(Cl)ccc32)cc1. The Bertz CT molecular complexity index is 1210. The highest BCUT2D eigenvalue weighted by Gasteiger charge is 2.29. The quantitative estimate of drug-likeness (QED) is 0.376. The summed E-state index contributed by atoms with van der Waals surface area (Å²) in [4.78, 5) is 30.4. The van der Waals surface area contributed by atoms with Gasteiger partial charge in [0.05, 0.1) is 11.4 Å². The summed E-state index contributed by atoms with van der Waals surface area (Å²) < 4.78 is 0. The lowest BCUT2D eigenvalue weighted by molar-refractivity contribution is -0.116. The van der Waals surface area contributed by atoms with Crippen molar-refractivity contribution in [3.05, 3.63) is 88.9 Å². The Kier molecular flexibility index (Phi) is 7.97. The van der Waals surface area contributed by atoms with Gasteiger partial charge in [-0.25, -0.2) is 5.01 Å². The summed E-state index contributed by atoms with van der Waals surface area (Å²) in [6, 6.07) is 23.0. The summed E-state index contributed by atoms with van der Waals surface area (Å²) in [7, 11) is 4.11. The molecule has 36 heavy (non-hydrogen) atoms. The van der Waals surface area contributed by atoms with E-state index in [1.165, 1.54) is 0 Å². The highest BCUT2D eigenvalue weighted by Crippen LogP contribution is 2.38. The normalized spacial score (nSPS) is 15.3. The fraction of sp³-hybridized carbons (Fsp3) is 0.310. The van der Waals surface area contributed by atoms with E-state index in [-0.39, 0.29) is 17.9 Å². The topological polar surface area (TPSA) is 47.1 Å². The van der Waals surface area contributed by atoms with Crippen molar-refractivity contribution in [3.63, 3.8) is 0 Å². The summed E-state index contributed by atoms with van der Waals surface area (Å²) >= 11 is 6.34. The number of benzene rings is 3. The zero-order chi connectivity index (χ0) is 25.8. The minimum atomic E-state index is -0.104. The third-order valence-corrected chi connectivity index (χ3v) is 6.85. The molecule has 1 unspecified atom stereocenters. The molecule has 0 N–H and O–H groups in total. The van der Waals surface area contributed by atoms with Gasteiger partial charge < -0.3 is 9.80 Å². The van der Waals surface area contributed by atoms with Gasteiger partial charge >= 0.3 is 0 Å². The van der Waals surface area contributed by atoms with Crippen LogP contribution in [0.1, 0.15) is 48.7 Å². The fourth-order valence-electron chi connectivity index (χ4n) is 4.94. The number of hydrogen-bond acceptors (Lipinski definition) is 4. The Hall–Kier alpha value is -3.35. The second-order valence-corrected chi connectivity index (χ2v) is 9.65. The minimum Gasteiger partial charge on any atom is -0.308 e. The van der Waals surface area contributed by atoms with Crippen LogP contribution in [0.15, 0.2) is 72.8 Å². The number of fused-ring (bicyclic) bond motifs is 1. The van der Waals surface area contributed by atoms with E-state index in [0.29, 0.717) is 29.4 Å². The highest BCUT2D eigenvalue weighted by atomic mass is 35.5. The number of hydrazine groups is 1. The number of nitrogens with zero attached hydrogens (tertiary/aromatic N) is 4. The average molecular weight is 505 g/mol. The van der Waals surface area contributed by atoms with E-state index in [2.05, 4.69) is 19.0 Å². The van der Waals surface area contributed by atoms with Crippen molar-refractivity contribution in [2.45, 2.75) is 32.7 Å². The molecule has 0 aliphatic carbocycles. The second-order valence-electron chi connectivity index (χ2n) is 9.21. The summed E-state index contributed by atoms with van der Waals surface area (Å²) in [5, 5.41) is 4.24. The van der Waals surface area contributed by atoms with Crippen molar-refractivity contribution >= 4 is 40.5 Å². The van der Waals surface area contributed by atoms with Gasteiger partial charge in [-0.05, 0) is 94.0 Å². The van der Waals surface area contributed by atoms with Gasteiger partial charge in [0.1, 0.15) is 0 Å². The molecule has 3 aromatic carbocycles. The van der Waals surface area contributed by atoms with E-state index in [9.17, 15) is 9.59 Å². The first-order chi connectivity index (χ1) is 17.3. The molecule has 6 nitrogen and oxygen atoms in total. The number of para-hydroxylation sites is 1. The molecule has 0 fully saturated rings. The molecular formula is C29H33ClN4O2. The van der Waals surface area contributed by atoms with Crippen LogP contribution in [0, 0.1) is 0 Å². The van der Waals surface area contributed by atoms with Crippen LogP contribution in [0.4, 0.5) is 17.1 Å². The number of halogens is 1. The van der Waals surface area contributed by atoms with Gasteiger partial charge in [0.25, 0.3) is 5.91 Å². The zero-order valence-corrected chi connectivity index (χ0v) is 22.1. The van der Waals surface area contributed by atoms with Crippen molar-refractivity contribution in [2.24, 2.45) is 0 Å². The molecule has 1 aliphatic rings. The first-order valence-electron chi connectivity index (χ1n) is 12.3. The van der Waals surface area contributed by atoms with E-state index < -0.39 is 0 Å². The largest absolute Gasteiger partial charge is 0.308 e. The molecule has 7 heteroatoms. The maximum absolute atomic E-state index is 13.7. The number of amides is 2. The van der Waals surface area contributed by atoms with Crippen molar-refractivity contribution in [2.75, 3.05) is 42.1 Å². The monoisotopic (exact) mass is 504 g/mol. The molecule has 3 aromatic rings. The summed E-state index contributed by atoms with van der Waals surface area (Å²) in [5.74, 6) is -0.165. The lowest BCUT2D eigenvalue weighted by Gasteiger charge is -2.35. The Morgan fingerprint density at radius 3 is 2.28 bits per heavy atom. The molecule has 0 aromatic heterocycles. The number of carbonyl (C=O) groups is 2. The van der Waals surface area contributed by atoms with Crippen molar-refractivity contribution < 1.29 is 9.59 Å². The highest BCUT2D eigenvalue weighted by molar-refractivity contribution is 6.30. The summed E-state index contributed by atoms with van der Waals surface area (Å²) in [6.07, 6.45) is 1.84. The van der Waals surface area contributed by atoms with E-state index in [0.717, 1.165) is 29.8 Å². The van der Waals surface area contributed by atoms with Crippen molar-refractivity contribution in [3.8, 4) is 0 Å². The van der Waals surface area contributed by atoms with Crippen LogP contribution in [0.3, 0.4) is 0 Å². The van der Waals surface area contributed by atoms with Crippen LogP contribution in [0.25, 0.3) is 0 Å². The number of carbonyl (C=O) groups excluding carboxylic acids is 2. The van der Waals surface area contributed by atoms with Gasteiger partial charge in [-0.1, -0.05) is 29.8 Å². The number of anilines is 3. The van der Waals surface area contributed by atoms with Crippen LogP contribution in [-0.4, -0.2) is 43.9 Å². The Morgan fingerprint density at radius 2 is 1.67 bits per heavy atom. The number of rotatable bonds is 6. The molecule has 1 heterocycles. The maximum atomic E-state index is 13.7. The van der Waals surface area contributed by atoms with Crippen LogP contribution in [-0.2, 0) is 4.79 Å². The lowest BCUT2D eigenvalue weighted by atomic mass is 10.0. The van der Waals surface area contributed by atoms with Crippen LogP contribution < -0.4 is 14.9 Å². The van der Waals surface area contributed by atoms with Gasteiger partial charge in [-0.3, -0.25) is 14.6 Å². The molecular weight excluding hydrogens is 472 g/mol. The van der Waals surface area contributed by atoms with E-state index in [1.54, 1.807) is 24.1 Å². The molecule has 188 valence electrons. The lowest BCUT2D eigenvalue weighted by Crippen LogP contribution is -2.46. The Balaban J connectivity index is 1.65. The molecule has 0 saturated carbocycles. The smallest absolute Gasteiger partial charge is 0.258 e. The summed E-state index contributed by atoms with van der Waals surface area (Å²) in [6.45, 7) is 4.80. The van der Waals surface area contributed by atoms with E-state index in [4.69, 9.17) is 11.6 Å². The fourth-order valence-corrected chi connectivity index (χ4v) is 5.12. The predicted molar refractivity (Wildman–Crippen MR) is 148 cm³/mol. The maximum Gasteiger partial charge on any atom is 0.258 e. The Labute approximate surface area is 218 Å². The van der Waals surface area contributed by atoms with E-state index in [1.807, 2.05) is 77.5 Å². The van der Waals surface area contributed by atoms with E-state index >= 15 is 0 Å². The van der Waals surface area contributed by atoms with Gasteiger partial charge in [0.15, 0.2) is 0 Å². The third kappa shape index (κ3) is 5.25. The molecule has 4 rings (SSSR count). The van der Waals surface area contributed by atoms with Gasteiger partial charge in [0.2, 0.25) is 5.91 Å². The molecule has 0 radical (unpaired) electrons. The molecule has 0 bridgehead atoms.